The van der Waals surface area contributed by atoms with E-state index in [1.807, 2.05) is 32.0 Å². The van der Waals surface area contributed by atoms with E-state index in [-0.39, 0.29) is 37.0 Å². The Balaban J connectivity index is 0. The third-order valence-corrected chi connectivity index (χ3v) is 3.86. The number of carbonyl (C=O) groups excluding carboxylic acids is 4. The van der Waals surface area contributed by atoms with Gasteiger partial charge in [-0.3, -0.25) is 24.0 Å². The summed E-state index contributed by atoms with van der Waals surface area (Å²) in [5.74, 6) is -2.54. The number of rotatable bonds is 9. The van der Waals surface area contributed by atoms with Crippen LogP contribution in [0.25, 0.3) is 0 Å². The maximum absolute atomic E-state index is 10.8. The first-order chi connectivity index (χ1) is 18.0. The molecule has 0 aliphatic carbocycles. The number of aryl methyl sites for hydroxylation is 2. The smallest absolute Gasteiger partial charge is 0.322 e. The van der Waals surface area contributed by atoms with Crippen molar-refractivity contribution in [3.8, 4) is 11.5 Å². The van der Waals surface area contributed by atoms with Gasteiger partial charge >= 0.3 is 5.97 Å². The van der Waals surface area contributed by atoms with Gasteiger partial charge in [0, 0.05) is 6.54 Å². The molecule has 0 spiro atoms. The van der Waals surface area contributed by atoms with Crippen molar-refractivity contribution in [3.63, 3.8) is 0 Å². The molecule has 0 fully saturated rings. The van der Waals surface area contributed by atoms with E-state index in [9.17, 15) is 24.0 Å². The van der Waals surface area contributed by atoms with Crippen LogP contribution in [-0.2, 0) is 24.0 Å². The quantitative estimate of drug-likeness (QED) is 0.153. The Morgan fingerprint density at radius 1 is 0.789 bits per heavy atom. The Hall–Kier alpha value is -4.65. The van der Waals surface area contributed by atoms with Crippen LogP contribution >= 0.6 is 0 Å². The number of likely N-dealkylation sites (N-methyl/N-ethyl adjacent to an activating group) is 1. The van der Waals surface area contributed by atoms with Crippen LogP contribution in [0.3, 0.4) is 0 Å². The summed E-state index contributed by atoms with van der Waals surface area (Å²) < 4.78 is 0. The molecule has 0 bridgehead atoms. The predicted molar refractivity (Wildman–Crippen MR) is 141 cm³/mol. The second-order valence-corrected chi connectivity index (χ2v) is 7.25. The van der Waals surface area contributed by atoms with E-state index in [1.54, 1.807) is 6.07 Å². The summed E-state index contributed by atoms with van der Waals surface area (Å²) >= 11 is 0. The van der Waals surface area contributed by atoms with Crippen LogP contribution in [0.5, 0.6) is 11.5 Å². The molecule has 13 nitrogen and oxygen atoms in total. The number of benzene rings is 2. The van der Waals surface area contributed by atoms with E-state index in [0.29, 0.717) is 13.0 Å². The summed E-state index contributed by atoms with van der Waals surface area (Å²) in [7, 11) is 0. The van der Waals surface area contributed by atoms with E-state index in [4.69, 9.17) is 21.1 Å². The lowest BCUT2D eigenvalue weighted by Crippen LogP contribution is -2.41. The van der Waals surface area contributed by atoms with Crippen LogP contribution in [0.4, 0.5) is 0 Å². The second kappa shape index (κ2) is 22.8. The van der Waals surface area contributed by atoms with E-state index in [2.05, 4.69) is 40.3 Å². The largest absolute Gasteiger partial charge is 0.504 e. The maximum Gasteiger partial charge on any atom is 0.322 e. The zero-order valence-corrected chi connectivity index (χ0v) is 21.7. The van der Waals surface area contributed by atoms with Crippen LogP contribution in [0.15, 0.2) is 48.5 Å². The van der Waals surface area contributed by atoms with Crippen molar-refractivity contribution < 1.29 is 39.3 Å². The minimum atomic E-state index is -1.17. The lowest BCUT2D eigenvalue weighted by molar-refractivity contribution is -0.137. The molecule has 9 N–H and O–H groups in total. The molecule has 0 saturated carbocycles. The maximum atomic E-state index is 10.8. The first-order valence-electron chi connectivity index (χ1n) is 11.4. The lowest BCUT2D eigenvalue weighted by atomic mass is 10.2. The zero-order chi connectivity index (χ0) is 29.3. The van der Waals surface area contributed by atoms with Gasteiger partial charge in [0.05, 0.1) is 19.6 Å². The van der Waals surface area contributed by atoms with Crippen LogP contribution in [0.2, 0.25) is 0 Å². The number of nitrogens with two attached hydrogens (primary N) is 1. The number of carboxylic acid groups (broad SMARTS) is 1. The van der Waals surface area contributed by atoms with Crippen molar-refractivity contribution in [2.45, 2.75) is 20.8 Å². The molecule has 38 heavy (non-hydrogen) atoms. The molecule has 210 valence electrons. The summed E-state index contributed by atoms with van der Waals surface area (Å²) in [6.07, 6.45) is 0.351. The van der Waals surface area contributed by atoms with Gasteiger partial charge in [-0.2, -0.15) is 0 Å². The molecule has 2 rings (SSSR count). The molecular formula is C25H37N5O8. The van der Waals surface area contributed by atoms with Gasteiger partial charge in [0.1, 0.15) is 6.54 Å². The highest BCUT2D eigenvalue weighted by Gasteiger charge is 2.05. The third kappa shape index (κ3) is 23.1. The average Bonchev–Trinajstić information content (AvgIpc) is 2.89. The second-order valence-electron chi connectivity index (χ2n) is 7.25. The number of nitrogens with one attached hydrogen (secondary N) is 4. The molecule has 0 aliphatic rings. The highest BCUT2D eigenvalue weighted by molar-refractivity contribution is 5.87. The van der Waals surface area contributed by atoms with Crippen molar-refractivity contribution in [1.29, 1.82) is 0 Å². The molecule has 0 heterocycles. The van der Waals surface area contributed by atoms with Crippen molar-refractivity contribution in [1.82, 2.24) is 21.3 Å². The van der Waals surface area contributed by atoms with E-state index < -0.39 is 24.3 Å². The van der Waals surface area contributed by atoms with Gasteiger partial charge in [-0.1, -0.05) is 42.0 Å². The Morgan fingerprint density at radius 3 is 1.76 bits per heavy atom. The molecule has 0 saturated heterocycles. The Morgan fingerprint density at radius 2 is 1.37 bits per heavy atom. The number of aromatic hydroxyl groups is 2. The zero-order valence-electron chi connectivity index (χ0n) is 21.7. The molecule has 0 unspecified atom stereocenters. The number of hydrogen-bond acceptors (Lipinski definition) is 8. The number of carboxylic acids is 1. The number of phenolic OH excluding ortho intramolecular Hbond substituents is 2. The van der Waals surface area contributed by atoms with Crippen molar-refractivity contribution in [2.75, 3.05) is 32.7 Å². The van der Waals surface area contributed by atoms with Gasteiger partial charge in [0.15, 0.2) is 11.5 Å². The summed E-state index contributed by atoms with van der Waals surface area (Å²) in [5, 5.41) is 34.7. The molecule has 0 radical (unpaired) electrons. The number of amides is 4. The fourth-order valence-electron chi connectivity index (χ4n) is 2.05. The van der Waals surface area contributed by atoms with Crippen molar-refractivity contribution >= 4 is 30.1 Å². The van der Waals surface area contributed by atoms with Crippen molar-refractivity contribution in [2.24, 2.45) is 5.73 Å². The molecular weight excluding hydrogens is 498 g/mol. The van der Waals surface area contributed by atoms with Gasteiger partial charge in [-0.05, 0) is 38.5 Å². The normalized spacial score (nSPS) is 8.84. The van der Waals surface area contributed by atoms with Crippen LogP contribution in [0.1, 0.15) is 18.1 Å². The van der Waals surface area contributed by atoms with Gasteiger partial charge in [0.25, 0.3) is 0 Å². The molecule has 0 aromatic heterocycles. The van der Waals surface area contributed by atoms with Crippen molar-refractivity contribution in [3.05, 3.63) is 59.7 Å². The van der Waals surface area contributed by atoms with Gasteiger partial charge in [-0.25, -0.2) is 0 Å². The predicted octanol–water partition coefficient (Wildman–Crippen LogP) is -0.468. The Kier molecular flexibility index (Phi) is 21.3. The molecule has 13 heteroatoms. The number of aliphatic carboxylic acids is 1. The monoisotopic (exact) mass is 535 g/mol. The van der Waals surface area contributed by atoms with E-state index >= 15 is 0 Å². The topological polar surface area (TPSA) is 220 Å². The van der Waals surface area contributed by atoms with E-state index in [0.717, 1.165) is 5.56 Å². The molecule has 2 aromatic rings. The molecule has 4 amide bonds. The Labute approximate surface area is 221 Å². The number of carbonyl (C=O) groups is 5. The molecule has 0 atom stereocenters. The fraction of sp³-hybridized carbons (Fsp3) is 0.320. The van der Waals surface area contributed by atoms with Crippen LogP contribution in [0, 0.1) is 13.8 Å². The van der Waals surface area contributed by atoms with Gasteiger partial charge in [0.2, 0.25) is 24.1 Å². The first-order valence-corrected chi connectivity index (χ1v) is 11.4. The minimum absolute atomic E-state index is 0.0602. The first kappa shape index (κ1) is 35.5. The summed E-state index contributed by atoms with van der Waals surface area (Å²) in [6.45, 7) is 5.49. The molecule has 0 aliphatic heterocycles. The summed E-state index contributed by atoms with van der Waals surface area (Å²) in [6, 6.07) is 15.0. The molecule has 2 aromatic carbocycles. The standard InChI is InChI=1S/C7H11N3O5.C7H8O2.C7H8.C4H10N2O/c11-4-8-1-5(12)9-2-6(13)10-3-7(14)15;1-5-2-3-6(8)7(9)4-5;1-7-5-3-2-4-6-7;1-2-6-4(7)3-5/h4H,1-3H2,(H,8,11)(H,9,12)(H,10,13)(H,14,15);2-4,8-9H,1H3;2-6H,1H3;2-3,5H2,1H3,(H,6,7). The summed E-state index contributed by atoms with van der Waals surface area (Å²) in [4.78, 5) is 51.7. The van der Waals surface area contributed by atoms with Crippen LogP contribution < -0.4 is 27.0 Å². The number of hydrogen-bond donors (Lipinski definition) is 8. The lowest BCUT2D eigenvalue weighted by Gasteiger charge is -2.04. The van der Waals surface area contributed by atoms with Gasteiger partial charge in [-0.15, -0.1) is 0 Å². The van der Waals surface area contributed by atoms with Crippen LogP contribution in [-0.4, -0.2) is 78.1 Å². The highest BCUT2D eigenvalue weighted by atomic mass is 16.4. The average molecular weight is 536 g/mol. The fourth-order valence-corrected chi connectivity index (χ4v) is 2.05. The summed E-state index contributed by atoms with van der Waals surface area (Å²) in [5.41, 5.74) is 7.20. The number of phenols is 2. The third-order valence-electron chi connectivity index (χ3n) is 3.86. The highest BCUT2D eigenvalue weighted by Crippen LogP contribution is 2.23. The van der Waals surface area contributed by atoms with Gasteiger partial charge < -0.3 is 42.3 Å². The Bertz CT molecular complexity index is 987. The SMILES string of the molecule is CCNC(=O)CN.Cc1ccc(O)c(O)c1.Cc1ccccc1.O=CNCC(=O)NCC(=O)NCC(=O)O. The minimum Gasteiger partial charge on any atom is -0.504 e. The van der Waals surface area contributed by atoms with E-state index in [1.165, 1.54) is 17.7 Å².